The van der Waals surface area contributed by atoms with Gasteiger partial charge in [-0.3, -0.25) is 0 Å². The highest BCUT2D eigenvalue weighted by molar-refractivity contribution is 5.77. The number of carbonyl (C=O) groups excluding carboxylic acids is 1. The minimum absolute atomic E-state index is 0.0160. The summed E-state index contributed by atoms with van der Waals surface area (Å²) in [7, 11) is 1.63. The van der Waals surface area contributed by atoms with Gasteiger partial charge < -0.3 is 14.4 Å². The molecule has 1 saturated heterocycles. The standard InChI is InChI=1S/C23H23F3N4O3/c1-32-20-12-9-18(13-16-5-3-2-4-6-16)29(14-20)22(31)30-15-21(27-28-30)17-7-10-19(11-8-17)33-23(24,25)26/h2-8,10-11,15,18,20H,9,12-14H2,1H3/t18-,20-/m1/s1. The lowest BCUT2D eigenvalue weighted by Gasteiger charge is -2.38. The zero-order chi connectivity index (χ0) is 23.4. The van der Waals surface area contributed by atoms with Crippen molar-refractivity contribution in [2.45, 2.75) is 37.8 Å². The molecule has 1 fully saturated rings. The summed E-state index contributed by atoms with van der Waals surface area (Å²) >= 11 is 0. The van der Waals surface area contributed by atoms with Crippen molar-refractivity contribution in [1.29, 1.82) is 0 Å². The molecule has 33 heavy (non-hydrogen) atoms. The first-order chi connectivity index (χ1) is 15.8. The van der Waals surface area contributed by atoms with E-state index in [9.17, 15) is 18.0 Å². The fraction of sp³-hybridized carbons (Fsp3) is 0.348. The number of halogens is 3. The molecule has 0 bridgehead atoms. The van der Waals surface area contributed by atoms with Crippen LogP contribution in [0, 0.1) is 0 Å². The van der Waals surface area contributed by atoms with Crippen LogP contribution >= 0.6 is 0 Å². The SMILES string of the molecule is CO[C@@H]1CC[C@H](Cc2ccccc2)N(C(=O)n2cc(-c3ccc(OC(F)(F)F)cc3)nn2)C1. The van der Waals surface area contributed by atoms with Crippen molar-refractivity contribution in [3.8, 4) is 17.0 Å². The van der Waals surface area contributed by atoms with Crippen molar-refractivity contribution in [3.63, 3.8) is 0 Å². The minimum Gasteiger partial charge on any atom is -0.406 e. The van der Waals surface area contributed by atoms with Gasteiger partial charge in [0.25, 0.3) is 0 Å². The lowest BCUT2D eigenvalue weighted by molar-refractivity contribution is -0.274. The number of methoxy groups -OCH3 is 1. The van der Waals surface area contributed by atoms with Gasteiger partial charge in [-0.05, 0) is 49.1 Å². The molecule has 3 aromatic rings. The van der Waals surface area contributed by atoms with Crippen LogP contribution in [0.25, 0.3) is 11.3 Å². The molecule has 2 aromatic carbocycles. The zero-order valence-corrected chi connectivity index (χ0v) is 17.9. The Labute approximate surface area is 188 Å². The normalized spacial score (nSPS) is 18.8. The molecule has 4 rings (SSSR count). The third kappa shape index (κ3) is 5.70. The van der Waals surface area contributed by atoms with E-state index in [4.69, 9.17) is 4.74 Å². The van der Waals surface area contributed by atoms with Gasteiger partial charge in [0.2, 0.25) is 0 Å². The van der Waals surface area contributed by atoms with Crippen molar-refractivity contribution < 1.29 is 27.4 Å². The molecule has 0 unspecified atom stereocenters. The van der Waals surface area contributed by atoms with E-state index in [2.05, 4.69) is 15.0 Å². The average molecular weight is 460 g/mol. The molecule has 2 atom stereocenters. The number of benzene rings is 2. The maximum absolute atomic E-state index is 13.3. The maximum Gasteiger partial charge on any atom is 0.573 e. The van der Waals surface area contributed by atoms with Gasteiger partial charge in [-0.15, -0.1) is 18.3 Å². The van der Waals surface area contributed by atoms with E-state index in [-0.39, 0.29) is 23.9 Å². The summed E-state index contributed by atoms with van der Waals surface area (Å²) in [6.07, 6.45) is -0.996. The summed E-state index contributed by atoms with van der Waals surface area (Å²) in [4.78, 5) is 15.1. The monoisotopic (exact) mass is 460 g/mol. The van der Waals surface area contributed by atoms with E-state index in [1.54, 1.807) is 12.0 Å². The Morgan fingerprint density at radius 3 is 2.48 bits per heavy atom. The molecule has 2 heterocycles. The number of alkyl halides is 3. The number of piperidine rings is 1. The van der Waals surface area contributed by atoms with Gasteiger partial charge in [-0.2, -0.15) is 4.68 Å². The predicted octanol–water partition coefficient (Wildman–Crippen LogP) is 4.53. The number of aromatic nitrogens is 3. The topological polar surface area (TPSA) is 69.5 Å². The Bertz CT molecular complexity index is 1070. The number of hydrogen-bond acceptors (Lipinski definition) is 5. The highest BCUT2D eigenvalue weighted by Gasteiger charge is 2.33. The largest absolute Gasteiger partial charge is 0.573 e. The van der Waals surface area contributed by atoms with E-state index in [1.165, 1.54) is 30.5 Å². The first kappa shape index (κ1) is 22.8. The molecule has 1 aromatic heterocycles. The van der Waals surface area contributed by atoms with Crippen LogP contribution < -0.4 is 4.74 Å². The highest BCUT2D eigenvalue weighted by Crippen LogP contribution is 2.27. The van der Waals surface area contributed by atoms with E-state index < -0.39 is 6.36 Å². The van der Waals surface area contributed by atoms with Gasteiger partial charge >= 0.3 is 12.4 Å². The number of carbonyl (C=O) groups is 1. The summed E-state index contributed by atoms with van der Waals surface area (Å²) < 4.78 is 47.6. The van der Waals surface area contributed by atoms with Crippen LogP contribution in [0.15, 0.2) is 60.8 Å². The minimum atomic E-state index is -4.76. The smallest absolute Gasteiger partial charge is 0.406 e. The Morgan fingerprint density at radius 2 is 1.82 bits per heavy atom. The van der Waals surface area contributed by atoms with Crippen LogP contribution in [0.3, 0.4) is 0 Å². The lowest BCUT2D eigenvalue weighted by Crippen LogP contribution is -2.51. The highest BCUT2D eigenvalue weighted by atomic mass is 19.4. The van der Waals surface area contributed by atoms with Gasteiger partial charge in [0.15, 0.2) is 0 Å². The van der Waals surface area contributed by atoms with E-state index >= 15 is 0 Å². The van der Waals surface area contributed by atoms with Crippen LogP contribution in [0.2, 0.25) is 0 Å². The van der Waals surface area contributed by atoms with E-state index in [1.807, 2.05) is 30.3 Å². The number of ether oxygens (including phenoxy) is 2. The fourth-order valence-electron chi connectivity index (χ4n) is 3.97. The molecular formula is C23H23F3N4O3. The van der Waals surface area contributed by atoms with Crippen LogP contribution in [0.4, 0.5) is 18.0 Å². The van der Waals surface area contributed by atoms with Crippen molar-refractivity contribution in [1.82, 2.24) is 19.9 Å². The number of amides is 1. The van der Waals surface area contributed by atoms with Gasteiger partial charge in [0.05, 0.1) is 12.3 Å². The second kappa shape index (κ2) is 9.62. The van der Waals surface area contributed by atoms with E-state index in [0.29, 0.717) is 24.2 Å². The van der Waals surface area contributed by atoms with Crippen LogP contribution in [-0.2, 0) is 11.2 Å². The average Bonchev–Trinajstić information content (AvgIpc) is 3.29. The predicted molar refractivity (Wildman–Crippen MR) is 114 cm³/mol. The Kier molecular flexibility index (Phi) is 6.64. The second-order valence-corrected chi connectivity index (χ2v) is 7.83. The molecule has 1 amide bonds. The molecule has 0 spiro atoms. The molecule has 10 heteroatoms. The first-order valence-electron chi connectivity index (χ1n) is 10.5. The lowest BCUT2D eigenvalue weighted by atomic mass is 9.94. The zero-order valence-electron chi connectivity index (χ0n) is 17.9. The summed E-state index contributed by atoms with van der Waals surface area (Å²) in [5, 5.41) is 7.99. The third-order valence-corrected chi connectivity index (χ3v) is 5.63. The molecule has 1 aliphatic heterocycles. The molecule has 1 aliphatic rings. The Balaban J connectivity index is 1.51. The molecule has 0 saturated carbocycles. The number of likely N-dealkylation sites (tertiary alicyclic amines) is 1. The van der Waals surface area contributed by atoms with Crippen LogP contribution in [0.1, 0.15) is 18.4 Å². The van der Waals surface area contributed by atoms with Crippen LogP contribution in [0.5, 0.6) is 5.75 Å². The molecule has 0 aliphatic carbocycles. The van der Waals surface area contributed by atoms with Crippen molar-refractivity contribution in [3.05, 3.63) is 66.4 Å². The molecule has 174 valence electrons. The van der Waals surface area contributed by atoms with E-state index in [0.717, 1.165) is 23.1 Å². The van der Waals surface area contributed by atoms with Crippen molar-refractivity contribution in [2.24, 2.45) is 0 Å². The number of nitrogens with zero attached hydrogens (tertiary/aromatic N) is 4. The van der Waals surface area contributed by atoms with Gasteiger partial charge in [0, 0.05) is 25.3 Å². The van der Waals surface area contributed by atoms with Gasteiger partial charge in [-0.1, -0.05) is 35.5 Å². The number of hydrogen-bond donors (Lipinski definition) is 0. The molecule has 7 nitrogen and oxygen atoms in total. The van der Waals surface area contributed by atoms with Crippen LogP contribution in [-0.4, -0.2) is 58.1 Å². The van der Waals surface area contributed by atoms with Gasteiger partial charge in [0.1, 0.15) is 11.4 Å². The summed E-state index contributed by atoms with van der Waals surface area (Å²) in [6, 6.07) is 14.9. The second-order valence-electron chi connectivity index (χ2n) is 7.83. The first-order valence-corrected chi connectivity index (χ1v) is 10.5. The fourth-order valence-corrected chi connectivity index (χ4v) is 3.97. The molecule has 0 radical (unpaired) electrons. The van der Waals surface area contributed by atoms with Crippen molar-refractivity contribution >= 4 is 6.03 Å². The summed E-state index contributed by atoms with van der Waals surface area (Å²) in [6.45, 7) is 0.436. The quantitative estimate of drug-likeness (QED) is 0.560. The molecule has 0 N–H and O–H groups in total. The summed E-state index contributed by atoms with van der Waals surface area (Å²) in [5.41, 5.74) is 2.01. The molecular weight excluding hydrogens is 437 g/mol. The number of rotatable bonds is 5. The van der Waals surface area contributed by atoms with Gasteiger partial charge in [-0.25, -0.2) is 4.79 Å². The third-order valence-electron chi connectivity index (χ3n) is 5.63. The summed E-state index contributed by atoms with van der Waals surface area (Å²) in [5.74, 6) is -0.336. The van der Waals surface area contributed by atoms with Crippen molar-refractivity contribution in [2.75, 3.05) is 13.7 Å². The Hall–Kier alpha value is -3.40. The maximum atomic E-state index is 13.3. The Morgan fingerprint density at radius 1 is 1.09 bits per heavy atom.